The van der Waals surface area contributed by atoms with Gasteiger partial charge in [-0.2, -0.15) is 0 Å². The van der Waals surface area contributed by atoms with Crippen LogP contribution in [-0.2, 0) is 11.2 Å². The van der Waals surface area contributed by atoms with E-state index < -0.39 is 0 Å². The van der Waals surface area contributed by atoms with Gasteiger partial charge in [-0.05, 0) is 50.0 Å². The highest BCUT2D eigenvalue weighted by molar-refractivity contribution is 5.77. The van der Waals surface area contributed by atoms with Gasteiger partial charge in [0.2, 0.25) is 5.91 Å². The monoisotopic (exact) mass is 318 g/mol. The molecule has 4 nitrogen and oxygen atoms in total. The van der Waals surface area contributed by atoms with Gasteiger partial charge in [0.1, 0.15) is 5.75 Å². The Labute approximate surface area is 140 Å². The molecule has 0 aliphatic carbocycles. The zero-order valence-electron chi connectivity index (χ0n) is 15.1. The molecule has 4 heteroatoms. The van der Waals surface area contributed by atoms with Gasteiger partial charge < -0.3 is 14.5 Å². The van der Waals surface area contributed by atoms with Crippen LogP contribution in [0.15, 0.2) is 24.3 Å². The van der Waals surface area contributed by atoms with Crippen molar-refractivity contribution in [3.8, 4) is 5.75 Å². The van der Waals surface area contributed by atoms with Crippen LogP contribution in [0.4, 0.5) is 0 Å². The van der Waals surface area contributed by atoms with E-state index in [1.807, 2.05) is 18.2 Å². The summed E-state index contributed by atoms with van der Waals surface area (Å²) in [5, 5.41) is 0. The Morgan fingerprint density at radius 1 is 1.35 bits per heavy atom. The van der Waals surface area contributed by atoms with E-state index in [9.17, 15) is 4.79 Å². The number of aryl methyl sites for hydroxylation is 1. The van der Waals surface area contributed by atoms with Crippen LogP contribution in [0.2, 0.25) is 0 Å². The standard InChI is InChI=1S/C19H30N2O2/c1-14(2)17-12-21(13-18(17)20(3)4)19(22)10-9-15-7-6-8-16(11-15)23-5/h6-8,11,14,17-18H,9-10,12-13H2,1-5H3/t17-,18+/m0/s1. The molecule has 1 aliphatic heterocycles. The molecule has 0 radical (unpaired) electrons. The van der Waals surface area contributed by atoms with E-state index in [-0.39, 0.29) is 5.91 Å². The Morgan fingerprint density at radius 2 is 2.09 bits per heavy atom. The van der Waals surface area contributed by atoms with Gasteiger partial charge in [0.05, 0.1) is 7.11 Å². The molecule has 1 saturated heterocycles. The third-order valence-corrected chi connectivity index (χ3v) is 4.97. The third-order valence-electron chi connectivity index (χ3n) is 4.97. The molecular weight excluding hydrogens is 288 g/mol. The Morgan fingerprint density at radius 3 is 2.65 bits per heavy atom. The second kappa shape index (κ2) is 7.82. The number of hydrogen-bond acceptors (Lipinski definition) is 3. The van der Waals surface area contributed by atoms with E-state index in [1.165, 1.54) is 0 Å². The van der Waals surface area contributed by atoms with Gasteiger partial charge in [0.15, 0.2) is 0 Å². The summed E-state index contributed by atoms with van der Waals surface area (Å²) in [4.78, 5) is 16.9. The van der Waals surface area contributed by atoms with Gasteiger partial charge >= 0.3 is 0 Å². The lowest BCUT2D eigenvalue weighted by atomic mass is 9.91. The normalized spacial score (nSPS) is 21.3. The summed E-state index contributed by atoms with van der Waals surface area (Å²) in [5.41, 5.74) is 1.15. The molecule has 2 rings (SSSR count). The van der Waals surface area contributed by atoms with Crippen molar-refractivity contribution in [3.63, 3.8) is 0 Å². The molecule has 0 N–H and O–H groups in total. The van der Waals surface area contributed by atoms with E-state index in [2.05, 4.69) is 43.8 Å². The Bertz CT molecular complexity index is 512. The van der Waals surface area contributed by atoms with Crippen molar-refractivity contribution in [1.82, 2.24) is 9.80 Å². The van der Waals surface area contributed by atoms with Crippen molar-refractivity contribution in [2.45, 2.75) is 32.7 Å². The summed E-state index contributed by atoms with van der Waals surface area (Å²) in [6, 6.07) is 8.44. The maximum atomic E-state index is 12.6. The molecular formula is C19H30N2O2. The molecule has 128 valence electrons. The predicted molar refractivity (Wildman–Crippen MR) is 93.7 cm³/mol. The largest absolute Gasteiger partial charge is 0.497 e. The van der Waals surface area contributed by atoms with Gasteiger partial charge in [-0.3, -0.25) is 4.79 Å². The summed E-state index contributed by atoms with van der Waals surface area (Å²) in [6.07, 6.45) is 1.34. The zero-order chi connectivity index (χ0) is 17.0. The molecule has 0 spiro atoms. The fraction of sp³-hybridized carbons (Fsp3) is 0.632. The Kier molecular flexibility index (Phi) is 6.05. The number of amides is 1. The first-order valence-electron chi connectivity index (χ1n) is 8.49. The molecule has 0 saturated carbocycles. The molecule has 1 aliphatic rings. The molecule has 1 amide bonds. The molecule has 1 fully saturated rings. The second-order valence-corrected chi connectivity index (χ2v) is 7.09. The molecule has 0 bridgehead atoms. The van der Waals surface area contributed by atoms with Crippen LogP contribution in [-0.4, -0.2) is 56.0 Å². The molecule has 2 atom stereocenters. The van der Waals surface area contributed by atoms with Crippen LogP contribution < -0.4 is 4.74 Å². The number of carbonyl (C=O) groups is 1. The first-order chi connectivity index (χ1) is 10.9. The molecule has 23 heavy (non-hydrogen) atoms. The van der Waals surface area contributed by atoms with Gasteiger partial charge in [0.25, 0.3) is 0 Å². The van der Waals surface area contributed by atoms with E-state index >= 15 is 0 Å². The number of rotatable bonds is 6. The minimum absolute atomic E-state index is 0.266. The summed E-state index contributed by atoms with van der Waals surface area (Å²) in [5.74, 6) is 2.27. The molecule has 1 heterocycles. The number of likely N-dealkylation sites (N-methyl/N-ethyl adjacent to an activating group) is 1. The fourth-order valence-electron chi connectivity index (χ4n) is 3.45. The summed E-state index contributed by atoms with van der Waals surface area (Å²) in [7, 11) is 5.90. The number of ether oxygens (including phenoxy) is 1. The highest BCUT2D eigenvalue weighted by Crippen LogP contribution is 2.27. The lowest BCUT2D eigenvalue weighted by Crippen LogP contribution is -2.37. The van der Waals surface area contributed by atoms with Gasteiger partial charge in [-0.25, -0.2) is 0 Å². The minimum atomic E-state index is 0.266. The Balaban J connectivity index is 1.93. The van der Waals surface area contributed by atoms with E-state index in [0.717, 1.165) is 30.8 Å². The first-order valence-corrected chi connectivity index (χ1v) is 8.49. The quantitative estimate of drug-likeness (QED) is 0.808. The number of methoxy groups -OCH3 is 1. The minimum Gasteiger partial charge on any atom is -0.497 e. The maximum absolute atomic E-state index is 12.6. The van der Waals surface area contributed by atoms with Gasteiger partial charge in [0, 0.05) is 25.6 Å². The van der Waals surface area contributed by atoms with Crippen molar-refractivity contribution in [3.05, 3.63) is 29.8 Å². The lowest BCUT2D eigenvalue weighted by Gasteiger charge is -2.27. The SMILES string of the molecule is COc1cccc(CCC(=O)N2C[C@@H](N(C)C)[C@H](C(C)C)C2)c1. The second-order valence-electron chi connectivity index (χ2n) is 7.09. The molecule has 1 aromatic rings. The van der Waals surface area contributed by atoms with Crippen LogP contribution in [0.3, 0.4) is 0 Å². The fourth-order valence-corrected chi connectivity index (χ4v) is 3.45. The first kappa shape index (κ1) is 17.8. The van der Waals surface area contributed by atoms with Crippen LogP contribution in [0, 0.1) is 11.8 Å². The van der Waals surface area contributed by atoms with Crippen LogP contribution in [0.5, 0.6) is 5.75 Å². The van der Waals surface area contributed by atoms with E-state index in [0.29, 0.717) is 24.3 Å². The highest BCUT2D eigenvalue weighted by Gasteiger charge is 2.37. The molecule has 1 aromatic carbocycles. The van der Waals surface area contributed by atoms with Crippen molar-refractivity contribution in [1.29, 1.82) is 0 Å². The highest BCUT2D eigenvalue weighted by atomic mass is 16.5. The summed E-state index contributed by atoms with van der Waals surface area (Å²) < 4.78 is 5.24. The van der Waals surface area contributed by atoms with Crippen molar-refractivity contribution < 1.29 is 9.53 Å². The summed E-state index contributed by atoms with van der Waals surface area (Å²) >= 11 is 0. The van der Waals surface area contributed by atoms with Crippen molar-refractivity contribution in [2.75, 3.05) is 34.3 Å². The Hall–Kier alpha value is -1.55. The van der Waals surface area contributed by atoms with E-state index in [4.69, 9.17) is 4.74 Å². The van der Waals surface area contributed by atoms with Crippen molar-refractivity contribution in [2.24, 2.45) is 11.8 Å². The number of nitrogens with zero attached hydrogens (tertiary/aromatic N) is 2. The third kappa shape index (κ3) is 4.47. The van der Waals surface area contributed by atoms with Crippen molar-refractivity contribution >= 4 is 5.91 Å². The number of likely N-dealkylation sites (tertiary alicyclic amines) is 1. The number of benzene rings is 1. The van der Waals surface area contributed by atoms with Crippen LogP contribution >= 0.6 is 0 Å². The smallest absolute Gasteiger partial charge is 0.222 e. The number of hydrogen-bond donors (Lipinski definition) is 0. The zero-order valence-corrected chi connectivity index (χ0v) is 15.1. The average molecular weight is 318 g/mol. The molecule has 0 aromatic heterocycles. The van der Waals surface area contributed by atoms with Crippen LogP contribution in [0.25, 0.3) is 0 Å². The lowest BCUT2D eigenvalue weighted by molar-refractivity contribution is -0.130. The number of carbonyl (C=O) groups excluding carboxylic acids is 1. The average Bonchev–Trinajstić information content (AvgIpc) is 2.98. The molecule has 0 unspecified atom stereocenters. The maximum Gasteiger partial charge on any atom is 0.222 e. The van der Waals surface area contributed by atoms with E-state index in [1.54, 1.807) is 7.11 Å². The van der Waals surface area contributed by atoms with Crippen LogP contribution in [0.1, 0.15) is 25.8 Å². The topological polar surface area (TPSA) is 32.8 Å². The van der Waals surface area contributed by atoms with Gasteiger partial charge in [-0.15, -0.1) is 0 Å². The summed E-state index contributed by atoms with van der Waals surface area (Å²) in [6.45, 7) is 6.25. The van der Waals surface area contributed by atoms with Gasteiger partial charge in [-0.1, -0.05) is 26.0 Å². The predicted octanol–water partition coefficient (Wildman–Crippen LogP) is 2.67.